The van der Waals surface area contributed by atoms with Gasteiger partial charge in [-0.25, -0.2) is 0 Å². The Balaban J connectivity index is 1.41. The Morgan fingerprint density at radius 3 is 2.27 bits per heavy atom. The molecule has 1 aliphatic carbocycles. The van der Waals surface area contributed by atoms with Gasteiger partial charge in [-0.3, -0.25) is 4.79 Å². The lowest BCUT2D eigenvalue weighted by Crippen LogP contribution is -2.58. The fourth-order valence-corrected chi connectivity index (χ4v) is 6.57. The van der Waals surface area contributed by atoms with Crippen molar-refractivity contribution in [1.82, 2.24) is 9.80 Å². The maximum absolute atomic E-state index is 13.8. The van der Waals surface area contributed by atoms with E-state index in [-0.39, 0.29) is 5.54 Å². The number of rotatable bonds is 9. The van der Waals surface area contributed by atoms with Crippen LogP contribution in [0, 0.1) is 11.8 Å². The highest BCUT2D eigenvalue weighted by Gasteiger charge is 2.53. The van der Waals surface area contributed by atoms with Gasteiger partial charge in [0.15, 0.2) is 0 Å². The Morgan fingerprint density at radius 2 is 1.64 bits per heavy atom. The molecule has 1 amide bonds. The number of piperidine rings is 1. The van der Waals surface area contributed by atoms with E-state index in [4.69, 9.17) is 5.73 Å². The molecule has 0 aromatic heterocycles. The van der Waals surface area contributed by atoms with E-state index < -0.39 is 0 Å². The Morgan fingerprint density at radius 1 is 0.970 bits per heavy atom. The SMILES string of the molecule is CC(C)[C@H]1CC[C@@H](N2CCC3(CC2)C(=O)N(CCCCCCN)CN3c2ccccc2)CC1. The van der Waals surface area contributed by atoms with E-state index in [1.807, 2.05) is 0 Å². The smallest absolute Gasteiger partial charge is 0.250 e. The number of anilines is 1. The van der Waals surface area contributed by atoms with E-state index in [0.717, 1.165) is 82.8 Å². The molecule has 0 radical (unpaired) electrons. The lowest BCUT2D eigenvalue weighted by molar-refractivity contribution is -0.134. The minimum absolute atomic E-state index is 0.357. The second-order valence-electron chi connectivity index (χ2n) is 11.1. The van der Waals surface area contributed by atoms with Crippen molar-refractivity contribution in [3.05, 3.63) is 30.3 Å². The predicted molar refractivity (Wildman–Crippen MR) is 137 cm³/mol. The van der Waals surface area contributed by atoms with Gasteiger partial charge in [0.05, 0.1) is 6.67 Å². The summed E-state index contributed by atoms with van der Waals surface area (Å²) in [6.45, 7) is 9.24. The molecule has 1 aromatic carbocycles. The van der Waals surface area contributed by atoms with Crippen LogP contribution in [-0.2, 0) is 4.79 Å². The summed E-state index contributed by atoms with van der Waals surface area (Å²) in [5.41, 5.74) is 6.48. The molecule has 33 heavy (non-hydrogen) atoms. The molecule has 5 heteroatoms. The van der Waals surface area contributed by atoms with Gasteiger partial charge in [0.25, 0.3) is 0 Å². The highest BCUT2D eigenvalue weighted by Crippen LogP contribution is 2.41. The van der Waals surface area contributed by atoms with Gasteiger partial charge in [0.1, 0.15) is 5.54 Å². The van der Waals surface area contributed by atoms with Crippen LogP contribution < -0.4 is 10.6 Å². The Labute approximate surface area is 201 Å². The molecule has 2 N–H and O–H groups in total. The Bertz CT molecular complexity index is 736. The Hall–Kier alpha value is -1.59. The summed E-state index contributed by atoms with van der Waals surface area (Å²) in [6.07, 6.45) is 11.8. The third-order valence-electron chi connectivity index (χ3n) is 8.79. The minimum Gasteiger partial charge on any atom is -0.339 e. The number of amides is 1. The summed E-state index contributed by atoms with van der Waals surface area (Å²) >= 11 is 0. The molecule has 5 nitrogen and oxygen atoms in total. The lowest BCUT2D eigenvalue weighted by atomic mass is 9.78. The van der Waals surface area contributed by atoms with Crippen LogP contribution in [-0.4, -0.2) is 60.1 Å². The fraction of sp³-hybridized carbons (Fsp3) is 0.750. The van der Waals surface area contributed by atoms with Crippen molar-refractivity contribution in [2.75, 3.05) is 37.7 Å². The third-order valence-corrected chi connectivity index (χ3v) is 8.79. The van der Waals surface area contributed by atoms with E-state index in [1.165, 1.54) is 37.8 Å². The number of likely N-dealkylation sites (tertiary alicyclic amines) is 1. The van der Waals surface area contributed by atoms with E-state index in [2.05, 4.69) is 58.9 Å². The van der Waals surface area contributed by atoms with Gasteiger partial charge in [-0.2, -0.15) is 0 Å². The molecule has 0 unspecified atom stereocenters. The summed E-state index contributed by atoms with van der Waals surface area (Å²) in [5, 5.41) is 0. The summed E-state index contributed by atoms with van der Waals surface area (Å²) in [6, 6.07) is 11.4. The number of carbonyl (C=O) groups excluding carboxylic acids is 1. The first-order chi connectivity index (χ1) is 16.0. The van der Waals surface area contributed by atoms with E-state index in [1.54, 1.807) is 0 Å². The highest BCUT2D eigenvalue weighted by molar-refractivity contribution is 5.93. The van der Waals surface area contributed by atoms with E-state index in [0.29, 0.717) is 5.91 Å². The lowest BCUT2D eigenvalue weighted by Gasteiger charge is -2.47. The van der Waals surface area contributed by atoms with Crippen molar-refractivity contribution in [1.29, 1.82) is 0 Å². The number of nitrogens with zero attached hydrogens (tertiary/aromatic N) is 3. The molecule has 184 valence electrons. The van der Waals surface area contributed by atoms with E-state index >= 15 is 0 Å². The molecule has 2 heterocycles. The quantitative estimate of drug-likeness (QED) is 0.541. The standard InChI is InChI=1S/C28H46N4O/c1-23(2)24-12-14-25(15-13-24)30-20-16-28(17-21-30)27(33)31(19-9-4-3-8-18-29)22-32(28)26-10-6-5-7-11-26/h5-7,10-11,23-25H,3-4,8-9,12-22,29H2,1-2H3/t24-,25+. The average molecular weight is 455 g/mol. The van der Waals surface area contributed by atoms with Crippen LogP contribution >= 0.6 is 0 Å². The monoisotopic (exact) mass is 454 g/mol. The molecule has 3 fully saturated rings. The Kier molecular flexibility index (Phi) is 8.34. The normalized spacial score (nSPS) is 26.0. The number of unbranched alkanes of at least 4 members (excludes halogenated alkanes) is 3. The molecule has 1 spiro atoms. The van der Waals surface area contributed by atoms with Crippen LogP contribution in [0.1, 0.15) is 78.1 Å². The second-order valence-corrected chi connectivity index (χ2v) is 11.1. The number of hydrogen-bond donors (Lipinski definition) is 1. The first-order valence-corrected chi connectivity index (χ1v) is 13.6. The minimum atomic E-state index is -0.357. The van der Waals surface area contributed by atoms with Gasteiger partial charge in [0.2, 0.25) is 5.91 Å². The van der Waals surface area contributed by atoms with Gasteiger partial charge in [0, 0.05) is 31.4 Å². The van der Waals surface area contributed by atoms with Gasteiger partial charge in [-0.1, -0.05) is 44.9 Å². The number of carbonyl (C=O) groups is 1. The van der Waals surface area contributed by atoms with E-state index in [9.17, 15) is 4.79 Å². The largest absolute Gasteiger partial charge is 0.339 e. The summed E-state index contributed by atoms with van der Waals surface area (Å²) in [5.74, 6) is 2.08. The fourth-order valence-electron chi connectivity index (χ4n) is 6.57. The molecular formula is C28H46N4O. The van der Waals surface area contributed by atoms with Gasteiger partial charge >= 0.3 is 0 Å². The van der Waals surface area contributed by atoms with Crippen LogP contribution in [0.25, 0.3) is 0 Å². The highest BCUT2D eigenvalue weighted by atomic mass is 16.2. The number of benzene rings is 1. The first-order valence-electron chi connectivity index (χ1n) is 13.6. The molecule has 0 atom stereocenters. The van der Waals surface area contributed by atoms with Crippen LogP contribution in [0.3, 0.4) is 0 Å². The average Bonchev–Trinajstić information content (AvgIpc) is 3.11. The third kappa shape index (κ3) is 5.40. The first kappa shape index (κ1) is 24.5. The number of nitrogens with two attached hydrogens (primary N) is 1. The van der Waals surface area contributed by atoms with Crippen LogP contribution in [0.2, 0.25) is 0 Å². The molecule has 0 bridgehead atoms. The topological polar surface area (TPSA) is 52.8 Å². The predicted octanol–water partition coefficient (Wildman–Crippen LogP) is 4.86. The van der Waals surface area contributed by atoms with Crippen molar-refractivity contribution in [3.8, 4) is 0 Å². The zero-order valence-corrected chi connectivity index (χ0v) is 21.1. The zero-order chi connectivity index (χ0) is 23.3. The maximum Gasteiger partial charge on any atom is 0.250 e. The summed E-state index contributed by atoms with van der Waals surface area (Å²) in [4.78, 5) is 21.1. The van der Waals surface area contributed by atoms with Gasteiger partial charge < -0.3 is 20.4 Å². The molecule has 1 saturated carbocycles. The maximum atomic E-state index is 13.8. The second kappa shape index (κ2) is 11.2. The molecule has 4 rings (SSSR count). The van der Waals surface area contributed by atoms with Crippen LogP contribution in [0.4, 0.5) is 5.69 Å². The molecular weight excluding hydrogens is 408 g/mol. The molecule has 3 aliphatic rings. The van der Waals surface area contributed by atoms with Crippen LogP contribution in [0.5, 0.6) is 0 Å². The van der Waals surface area contributed by atoms with Crippen molar-refractivity contribution < 1.29 is 4.79 Å². The van der Waals surface area contributed by atoms with Crippen molar-refractivity contribution in [2.24, 2.45) is 17.6 Å². The number of hydrogen-bond acceptors (Lipinski definition) is 4. The summed E-state index contributed by atoms with van der Waals surface area (Å²) in [7, 11) is 0. The van der Waals surface area contributed by atoms with Crippen LogP contribution in [0.15, 0.2) is 30.3 Å². The van der Waals surface area contributed by atoms with Crippen molar-refractivity contribution in [2.45, 2.75) is 89.6 Å². The number of para-hydroxylation sites is 1. The molecule has 2 saturated heterocycles. The van der Waals surface area contributed by atoms with Gasteiger partial charge in [-0.05, 0) is 81.9 Å². The summed E-state index contributed by atoms with van der Waals surface area (Å²) < 4.78 is 0. The van der Waals surface area contributed by atoms with Crippen molar-refractivity contribution >= 4 is 11.6 Å². The molecule has 2 aliphatic heterocycles. The zero-order valence-electron chi connectivity index (χ0n) is 21.1. The van der Waals surface area contributed by atoms with Crippen molar-refractivity contribution in [3.63, 3.8) is 0 Å². The molecule has 1 aromatic rings. The van der Waals surface area contributed by atoms with Gasteiger partial charge in [-0.15, -0.1) is 0 Å².